The molecular weight excluding hydrogens is 566 g/mol. The van der Waals surface area contributed by atoms with Crippen molar-refractivity contribution in [1.82, 2.24) is 10.2 Å². The molecule has 4 N–H and O–H groups in total. The number of carbonyl (C=O) groups excluding carboxylic acids is 2. The largest absolute Gasteiger partial charge is 0.507 e. The Bertz CT molecular complexity index is 1790. The second-order valence-electron chi connectivity index (χ2n) is 11.3. The average Bonchev–Trinajstić information content (AvgIpc) is 3.21. The Morgan fingerprint density at radius 3 is 2.51 bits per heavy atom. The second-order valence-corrected chi connectivity index (χ2v) is 11.3. The molecular formula is C36H35N5O4. The Hall–Kier alpha value is -5.33. The third kappa shape index (κ3) is 6.33. The highest BCUT2D eigenvalue weighted by molar-refractivity contribution is 6.12. The molecule has 2 aliphatic rings. The first-order chi connectivity index (χ1) is 21.9. The van der Waals surface area contributed by atoms with Gasteiger partial charge in [-0.2, -0.15) is 5.26 Å². The van der Waals surface area contributed by atoms with Crippen LogP contribution in [0.1, 0.15) is 63.6 Å². The van der Waals surface area contributed by atoms with Crippen molar-refractivity contribution in [3.63, 3.8) is 0 Å². The van der Waals surface area contributed by atoms with Crippen molar-refractivity contribution in [3.05, 3.63) is 101 Å². The van der Waals surface area contributed by atoms with Crippen LogP contribution in [-0.2, 0) is 0 Å². The van der Waals surface area contributed by atoms with E-state index in [1.54, 1.807) is 30.3 Å². The van der Waals surface area contributed by atoms with Crippen LogP contribution in [0.3, 0.4) is 0 Å². The number of rotatable bonds is 8. The van der Waals surface area contributed by atoms with E-state index in [-0.39, 0.29) is 29.2 Å². The number of anilines is 3. The monoisotopic (exact) mass is 601 g/mol. The van der Waals surface area contributed by atoms with Gasteiger partial charge in [0, 0.05) is 12.6 Å². The number of nitriles is 1. The van der Waals surface area contributed by atoms with Crippen molar-refractivity contribution < 1.29 is 19.4 Å². The van der Waals surface area contributed by atoms with Crippen molar-refractivity contribution in [1.29, 1.82) is 5.26 Å². The van der Waals surface area contributed by atoms with Gasteiger partial charge in [-0.25, -0.2) is 0 Å². The molecule has 228 valence electrons. The van der Waals surface area contributed by atoms with E-state index in [9.17, 15) is 20.0 Å². The molecule has 0 radical (unpaired) electrons. The number of piperidine rings is 1. The summed E-state index contributed by atoms with van der Waals surface area (Å²) >= 11 is 0. The van der Waals surface area contributed by atoms with Crippen LogP contribution in [-0.4, -0.2) is 48.6 Å². The molecule has 9 nitrogen and oxygen atoms in total. The predicted octanol–water partition coefficient (Wildman–Crippen LogP) is 6.60. The maximum Gasteiger partial charge on any atom is 0.257 e. The number of phenols is 1. The summed E-state index contributed by atoms with van der Waals surface area (Å²) in [5, 5.41) is 29.0. The lowest BCUT2D eigenvalue weighted by Gasteiger charge is -2.35. The van der Waals surface area contributed by atoms with Gasteiger partial charge in [0.2, 0.25) is 0 Å². The number of ether oxygens (including phenoxy) is 1. The molecule has 6 rings (SSSR count). The molecule has 0 aliphatic carbocycles. The standard InChI is InChI=1S/C36H35N5O4/c1-45-34-21-24(9-10-26(34)22-37)23-11-13-27-30(19-23)39-29-14-12-25(20-31(29)40-36(27)44)32(41-17-5-2-6-18-41)15-16-38-35(43)28-7-3-4-8-33(28)42/h3-4,7-14,19-21,32,39,42H,2,5-6,15-18H2,1H3,(H,38,43)(H,40,44). The van der Waals surface area contributed by atoms with Gasteiger partial charge in [0.1, 0.15) is 17.6 Å². The summed E-state index contributed by atoms with van der Waals surface area (Å²) in [4.78, 5) is 28.6. The van der Waals surface area contributed by atoms with Gasteiger partial charge in [0.15, 0.2) is 0 Å². The summed E-state index contributed by atoms with van der Waals surface area (Å²) in [6.07, 6.45) is 4.11. The zero-order valence-corrected chi connectivity index (χ0v) is 25.1. The number of nitrogens with zero attached hydrogens (tertiary/aromatic N) is 2. The maximum atomic E-state index is 13.4. The van der Waals surface area contributed by atoms with E-state index < -0.39 is 0 Å². The summed E-state index contributed by atoms with van der Waals surface area (Å²) in [6, 6.07) is 25.9. The Kier molecular flexibility index (Phi) is 8.67. The van der Waals surface area contributed by atoms with Gasteiger partial charge < -0.3 is 25.8 Å². The van der Waals surface area contributed by atoms with E-state index in [4.69, 9.17) is 4.74 Å². The van der Waals surface area contributed by atoms with Crippen LogP contribution in [0.25, 0.3) is 11.1 Å². The lowest BCUT2D eigenvalue weighted by atomic mass is 9.97. The second kappa shape index (κ2) is 13.1. The van der Waals surface area contributed by atoms with E-state index in [0.29, 0.717) is 41.2 Å². The topological polar surface area (TPSA) is 127 Å². The molecule has 2 aliphatic heterocycles. The summed E-state index contributed by atoms with van der Waals surface area (Å²) < 4.78 is 5.39. The molecule has 0 spiro atoms. The molecule has 1 fully saturated rings. The van der Waals surface area contributed by atoms with Crippen LogP contribution >= 0.6 is 0 Å². The van der Waals surface area contributed by atoms with Crippen molar-refractivity contribution in [2.75, 3.05) is 37.4 Å². The molecule has 2 heterocycles. The number of likely N-dealkylation sites (tertiary alicyclic amines) is 1. The quantitative estimate of drug-likeness (QED) is 0.179. The Balaban J connectivity index is 1.25. The summed E-state index contributed by atoms with van der Waals surface area (Å²) in [5.74, 6) is -0.0573. The number of aromatic hydroxyl groups is 1. The number of nitrogens with one attached hydrogen (secondary N) is 3. The molecule has 4 aromatic carbocycles. The van der Waals surface area contributed by atoms with Crippen LogP contribution < -0.4 is 20.7 Å². The average molecular weight is 602 g/mol. The number of fused-ring (bicyclic) bond motifs is 2. The Labute approximate surface area is 262 Å². The minimum absolute atomic E-state index is 0.0404. The maximum absolute atomic E-state index is 13.4. The molecule has 0 saturated carbocycles. The van der Waals surface area contributed by atoms with Crippen molar-refractivity contribution in [2.45, 2.75) is 31.7 Å². The Morgan fingerprint density at radius 1 is 0.956 bits per heavy atom. The first-order valence-corrected chi connectivity index (χ1v) is 15.2. The molecule has 9 heteroatoms. The molecule has 4 aromatic rings. The summed E-state index contributed by atoms with van der Waals surface area (Å²) in [5.41, 5.74) is 6.20. The third-order valence-corrected chi connectivity index (χ3v) is 8.55. The number of methoxy groups -OCH3 is 1. The van der Waals surface area contributed by atoms with Crippen LogP contribution in [0, 0.1) is 11.3 Å². The zero-order valence-electron chi connectivity index (χ0n) is 25.1. The molecule has 1 saturated heterocycles. The number of para-hydroxylation sites is 1. The van der Waals surface area contributed by atoms with Gasteiger partial charge in [-0.05, 0) is 97.6 Å². The number of benzene rings is 4. The van der Waals surface area contributed by atoms with Crippen LogP contribution in [0.15, 0.2) is 78.9 Å². The number of phenolic OH excluding ortho intramolecular Hbond substituents is 1. The fourth-order valence-electron chi connectivity index (χ4n) is 6.18. The number of carbonyl (C=O) groups is 2. The highest BCUT2D eigenvalue weighted by atomic mass is 16.5. The van der Waals surface area contributed by atoms with E-state index in [1.165, 1.54) is 19.6 Å². The van der Waals surface area contributed by atoms with Gasteiger partial charge in [0.05, 0.1) is 40.9 Å². The summed E-state index contributed by atoms with van der Waals surface area (Å²) in [6.45, 7) is 2.37. The highest BCUT2D eigenvalue weighted by Crippen LogP contribution is 2.38. The fraction of sp³-hybridized carbons (Fsp3) is 0.250. The highest BCUT2D eigenvalue weighted by Gasteiger charge is 2.26. The Morgan fingerprint density at radius 2 is 1.73 bits per heavy atom. The molecule has 45 heavy (non-hydrogen) atoms. The molecule has 0 aromatic heterocycles. The number of hydrogen-bond donors (Lipinski definition) is 4. The van der Waals surface area contributed by atoms with Gasteiger partial charge >= 0.3 is 0 Å². The summed E-state index contributed by atoms with van der Waals surface area (Å²) in [7, 11) is 1.54. The first kappa shape index (κ1) is 29.7. The SMILES string of the molecule is COc1cc(-c2ccc3c(c2)Nc2ccc(C(CCNC(=O)c4ccccc4O)N4CCCCC4)cc2NC3=O)ccc1C#N. The lowest BCUT2D eigenvalue weighted by molar-refractivity contribution is 0.0940. The molecule has 1 atom stereocenters. The van der Waals surface area contributed by atoms with Gasteiger partial charge in [0.25, 0.3) is 11.8 Å². The van der Waals surface area contributed by atoms with Crippen molar-refractivity contribution in [3.8, 4) is 28.7 Å². The first-order valence-electron chi connectivity index (χ1n) is 15.2. The number of amides is 2. The normalized spacial score (nSPS) is 14.9. The minimum atomic E-state index is -0.305. The molecule has 2 amide bonds. The fourth-order valence-corrected chi connectivity index (χ4v) is 6.18. The lowest BCUT2D eigenvalue weighted by Crippen LogP contribution is -2.36. The van der Waals surface area contributed by atoms with E-state index in [0.717, 1.165) is 48.3 Å². The van der Waals surface area contributed by atoms with Gasteiger partial charge in [-0.3, -0.25) is 14.5 Å². The smallest absolute Gasteiger partial charge is 0.257 e. The van der Waals surface area contributed by atoms with Gasteiger partial charge in [-0.15, -0.1) is 0 Å². The predicted molar refractivity (Wildman–Crippen MR) is 174 cm³/mol. The van der Waals surface area contributed by atoms with E-state index in [2.05, 4.69) is 33.0 Å². The number of hydrogen-bond acceptors (Lipinski definition) is 7. The minimum Gasteiger partial charge on any atom is -0.507 e. The van der Waals surface area contributed by atoms with Crippen LogP contribution in [0.4, 0.5) is 17.1 Å². The van der Waals surface area contributed by atoms with Crippen LogP contribution in [0.5, 0.6) is 11.5 Å². The zero-order chi connectivity index (χ0) is 31.3. The van der Waals surface area contributed by atoms with E-state index >= 15 is 0 Å². The van der Waals surface area contributed by atoms with Gasteiger partial charge in [-0.1, -0.05) is 36.8 Å². The van der Waals surface area contributed by atoms with Crippen molar-refractivity contribution in [2.24, 2.45) is 0 Å². The third-order valence-electron chi connectivity index (χ3n) is 8.55. The van der Waals surface area contributed by atoms with E-state index in [1.807, 2.05) is 36.4 Å². The van der Waals surface area contributed by atoms with Crippen molar-refractivity contribution >= 4 is 28.9 Å². The molecule has 0 bridgehead atoms. The van der Waals surface area contributed by atoms with Crippen LogP contribution in [0.2, 0.25) is 0 Å². The molecule has 1 unspecified atom stereocenters.